The van der Waals surface area contributed by atoms with Crippen LogP contribution in [-0.4, -0.2) is 42.6 Å². The molecular weight excluding hydrogens is 404 g/mol. The van der Waals surface area contributed by atoms with Crippen molar-refractivity contribution < 1.29 is 0 Å². The third kappa shape index (κ3) is 11.1. The second kappa shape index (κ2) is 17.2. The Hall–Kier alpha value is -1.32. The molecule has 0 atom stereocenters. The lowest BCUT2D eigenvalue weighted by Crippen LogP contribution is -2.34. The zero-order valence-corrected chi connectivity index (χ0v) is 21.6. The predicted molar refractivity (Wildman–Crippen MR) is 144 cm³/mol. The van der Waals surface area contributed by atoms with Crippen molar-refractivity contribution in [2.75, 3.05) is 26.2 Å². The van der Waals surface area contributed by atoms with Gasteiger partial charge >= 0.3 is 0 Å². The van der Waals surface area contributed by atoms with Gasteiger partial charge in [-0.05, 0) is 69.8 Å². The van der Waals surface area contributed by atoms with Gasteiger partial charge in [0.25, 0.3) is 0 Å². The van der Waals surface area contributed by atoms with Crippen LogP contribution in [0.3, 0.4) is 0 Å². The summed E-state index contributed by atoms with van der Waals surface area (Å²) >= 11 is 0. The lowest BCUT2D eigenvalue weighted by molar-refractivity contribution is 0.391. The number of hydrogen-bond donors (Lipinski definition) is 1. The molecule has 1 aliphatic carbocycles. The molecule has 33 heavy (non-hydrogen) atoms. The van der Waals surface area contributed by atoms with E-state index in [0.717, 1.165) is 13.1 Å². The number of fused-ring (bicyclic) bond motifs is 1. The average Bonchev–Trinajstić information content (AvgIpc) is 3.14. The van der Waals surface area contributed by atoms with Crippen LogP contribution in [0.5, 0.6) is 0 Å². The Bertz CT molecular complexity index is 573. The highest BCUT2D eigenvalue weighted by Gasteiger charge is 2.16. The molecule has 0 unspecified atom stereocenters. The first-order chi connectivity index (χ1) is 16.4. The maximum atomic E-state index is 4.80. The molecule has 0 bridgehead atoms. The van der Waals surface area contributed by atoms with Crippen LogP contribution in [-0.2, 0) is 0 Å². The maximum Gasteiger partial charge on any atom is 0.0988 e. The van der Waals surface area contributed by atoms with Gasteiger partial charge in [0, 0.05) is 32.6 Å². The van der Waals surface area contributed by atoms with Crippen molar-refractivity contribution in [3.63, 3.8) is 0 Å². The van der Waals surface area contributed by atoms with E-state index in [2.05, 4.69) is 21.4 Å². The minimum atomic E-state index is 1.05. The molecule has 3 heterocycles. The molecule has 0 amide bonds. The standard InChI is InChI=1S/C20H36N2.C9H16N2/c1-2-4-8-12-16-19(15-11-7-3-1)20-17-13-9-5-6-10-14-18-21-22-20;1-2-5-9-10-6-4-8-11(9)7-3-1/h15,21H,1-14,16-18H2;1-8H2. The van der Waals surface area contributed by atoms with Crippen molar-refractivity contribution >= 4 is 11.5 Å². The van der Waals surface area contributed by atoms with Gasteiger partial charge in [0.1, 0.15) is 0 Å². The van der Waals surface area contributed by atoms with Crippen LogP contribution in [0.25, 0.3) is 0 Å². The van der Waals surface area contributed by atoms with E-state index in [4.69, 9.17) is 5.10 Å². The second-order valence-electron chi connectivity index (χ2n) is 10.5. The zero-order valence-electron chi connectivity index (χ0n) is 21.6. The Kier molecular flexibility index (Phi) is 13.7. The summed E-state index contributed by atoms with van der Waals surface area (Å²) in [6.45, 7) is 4.65. The highest BCUT2D eigenvalue weighted by Crippen LogP contribution is 2.21. The summed E-state index contributed by atoms with van der Waals surface area (Å²) in [5, 5.41) is 4.80. The molecule has 3 aliphatic heterocycles. The van der Waals surface area contributed by atoms with Crippen LogP contribution in [0.2, 0.25) is 0 Å². The lowest BCUT2D eigenvalue weighted by Gasteiger charge is -2.27. The number of hydrogen-bond acceptors (Lipinski definition) is 4. The van der Waals surface area contributed by atoms with Gasteiger partial charge in [0.05, 0.1) is 11.5 Å². The number of hydrazone groups is 1. The minimum Gasteiger partial charge on any atom is -0.360 e. The van der Waals surface area contributed by atoms with Gasteiger partial charge in [0.2, 0.25) is 0 Å². The first-order valence-corrected chi connectivity index (χ1v) is 14.7. The Morgan fingerprint density at radius 1 is 0.606 bits per heavy atom. The van der Waals surface area contributed by atoms with Gasteiger partial charge in [-0.15, -0.1) is 0 Å². The lowest BCUT2D eigenvalue weighted by atomic mass is 9.97. The van der Waals surface area contributed by atoms with Crippen LogP contribution in [0.4, 0.5) is 0 Å². The minimum absolute atomic E-state index is 1.05. The molecule has 4 rings (SSSR count). The number of rotatable bonds is 1. The first kappa shape index (κ1) is 26.3. The Labute approximate surface area is 204 Å². The molecule has 4 heteroatoms. The highest BCUT2D eigenvalue weighted by atomic mass is 15.3. The maximum absolute atomic E-state index is 4.80. The molecule has 0 aromatic rings. The number of nitrogens with one attached hydrogen (secondary N) is 1. The van der Waals surface area contributed by atoms with Crippen molar-refractivity contribution in [3.05, 3.63) is 11.6 Å². The van der Waals surface area contributed by atoms with Crippen LogP contribution in [0, 0.1) is 0 Å². The molecule has 0 radical (unpaired) electrons. The Balaban J connectivity index is 0.000000231. The fourth-order valence-corrected chi connectivity index (χ4v) is 5.57. The van der Waals surface area contributed by atoms with Gasteiger partial charge in [-0.1, -0.05) is 70.3 Å². The van der Waals surface area contributed by atoms with Crippen molar-refractivity contribution in [1.82, 2.24) is 10.3 Å². The zero-order chi connectivity index (χ0) is 22.8. The van der Waals surface area contributed by atoms with Crippen molar-refractivity contribution in [2.24, 2.45) is 10.1 Å². The van der Waals surface area contributed by atoms with Crippen LogP contribution in [0.15, 0.2) is 21.7 Å². The molecular formula is C29H52N4. The van der Waals surface area contributed by atoms with E-state index in [0.29, 0.717) is 0 Å². The topological polar surface area (TPSA) is 40.0 Å². The first-order valence-electron chi connectivity index (χ1n) is 14.7. The summed E-state index contributed by atoms with van der Waals surface area (Å²) in [7, 11) is 0. The molecule has 1 fully saturated rings. The number of nitrogens with zero attached hydrogens (tertiary/aromatic N) is 3. The van der Waals surface area contributed by atoms with Crippen LogP contribution < -0.4 is 5.43 Å². The summed E-state index contributed by atoms with van der Waals surface area (Å²) in [5.41, 5.74) is 6.29. The second-order valence-corrected chi connectivity index (χ2v) is 10.5. The molecule has 1 N–H and O–H groups in total. The third-order valence-electron chi connectivity index (χ3n) is 7.65. The van der Waals surface area contributed by atoms with Gasteiger partial charge < -0.3 is 10.3 Å². The normalized spacial score (nSPS) is 24.5. The van der Waals surface area contributed by atoms with E-state index in [-0.39, 0.29) is 0 Å². The monoisotopic (exact) mass is 456 g/mol. The third-order valence-corrected chi connectivity index (χ3v) is 7.65. The molecule has 0 spiro atoms. The number of amidine groups is 1. The average molecular weight is 457 g/mol. The smallest absolute Gasteiger partial charge is 0.0988 e. The molecule has 4 aliphatic rings. The molecule has 0 aromatic carbocycles. The number of allylic oxidation sites excluding steroid dienone is 2. The molecule has 188 valence electrons. The van der Waals surface area contributed by atoms with Crippen molar-refractivity contribution in [2.45, 2.75) is 135 Å². The summed E-state index contributed by atoms with van der Waals surface area (Å²) in [5.74, 6) is 1.40. The number of aliphatic imine (C=N–C) groups is 1. The van der Waals surface area contributed by atoms with E-state index < -0.39 is 0 Å². The van der Waals surface area contributed by atoms with Gasteiger partial charge in [-0.25, -0.2) is 0 Å². The Morgan fingerprint density at radius 2 is 1.24 bits per heavy atom. The van der Waals surface area contributed by atoms with E-state index in [9.17, 15) is 0 Å². The van der Waals surface area contributed by atoms with E-state index >= 15 is 0 Å². The van der Waals surface area contributed by atoms with Gasteiger partial charge in [-0.2, -0.15) is 5.10 Å². The molecule has 0 saturated carbocycles. The predicted octanol–water partition coefficient (Wildman–Crippen LogP) is 7.79. The van der Waals surface area contributed by atoms with E-state index in [1.807, 2.05) is 0 Å². The van der Waals surface area contributed by atoms with Gasteiger partial charge in [0.15, 0.2) is 0 Å². The van der Waals surface area contributed by atoms with E-state index in [1.54, 1.807) is 5.57 Å². The Morgan fingerprint density at radius 3 is 2.09 bits per heavy atom. The summed E-state index contributed by atoms with van der Waals surface area (Å²) < 4.78 is 0. The summed E-state index contributed by atoms with van der Waals surface area (Å²) in [6, 6.07) is 0. The van der Waals surface area contributed by atoms with E-state index in [1.165, 1.54) is 159 Å². The fourth-order valence-electron chi connectivity index (χ4n) is 5.57. The molecule has 4 nitrogen and oxygen atoms in total. The summed E-state index contributed by atoms with van der Waals surface area (Å²) in [6.07, 6.45) is 30.8. The molecule has 0 aromatic heterocycles. The quantitative estimate of drug-likeness (QED) is 0.437. The largest absolute Gasteiger partial charge is 0.360 e. The highest BCUT2D eigenvalue weighted by molar-refractivity contribution is 5.99. The molecule has 1 saturated heterocycles. The van der Waals surface area contributed by atoms with Crippen LogP contribution >= 0.6 is 0 Å². The van der Waals surface area contributed by atoms with Crippen molar-refractivity contribution in [1.29, 1.82) is 0 Å². The SMILES string of the molecule is C1=C(C2=NNCCCCCCCC2)CCCCCCCCC1.C1CCC2=NCCCN2CC1. The summed E-state index contributed by atoms with van der Waals surface area (Å²) in [4.78, 5) is 7.04. The van der Waals surface area contributed by atoms with Crippen molar-refractivity contribution in [3.8, 4) is 0 Å². The fraction of sp³-hybridized carbons (Fsp3) is 0.862. The van der Waals surface area contributed by atoms with Gasteiger partial charge in [-0.3, -0.25) is 4.99 Å². The van der Waals surface area contributed by atoms with Crippen LogP contribution in [0.1, 0.15) is 135 Å².